The summed E-state index contributed by atoms with van der Waals surface area (Å²) >= 11 is 0. The van der Waals surface area contributed by atoms with E-state index in [1.165, 1.54) is 0 Å². The van der Waals surface area contributed by atoms with Crippen molar-refractivity contribution >= 4 is 70.4 Å². The molecule has 2 aromatic heterocycles. The lowest BCUT2D eigenvalue weighted by Crippen LogP contribution is -2.36. The Balaban J connectivity index is 0.000000267. The minimum Gasteiger partial charge on any atom is -0.444 e. The average molecular weight is 977 g/mol. The third-order valence-electron chi connectivity index (χ3n) is 11.2. The lowest BCUT2D eigenvalue weighted by atomic mass is 9.96. The normalized spacial score (nSPS) is 15.7. The van der Waals surface area contributed by atoms with E-state index in [1.807, 2.05) is 70.6 Å². The number of nitrogens with one attached hydrogen (secondary N) is 7. The second-order valence-corrected chi connectivity index (χ2v) is 21.7. The number of aryl methyl sites for hydroxylation is 2. The maximum absolute atomic E-state index is 12.5. The number of hydrogen-bond acceptors (Lipinski definition) is 16. The van der Waals surface area contributed by atoms with Gasteiger partial charge in [-0.2, -0.15) is 15.0 Å². The maximum atomic E-state index is 12.5. The molecule has 2 aliphatic rings. The van der Waals surface area contributed by atoms with E-state index in [1.54, 1.807) is 43.3 Å². The minimum atomic E-state index is -0.544. The highest BCUT2D eigenvalue weighted by Crippen LogP contribution is 2.37. The molecule has 71 heavy (non-hydrogen) atoms. The monoisotopic (exact) mass is 977 g/mol. The number of ether oxygens (including phenoxy) is 1. The van der Waals surface area contributed by atoms with Gasteiger partial charge in [-0.15, -0.1) is 0 Å². The Kier molecular flexibility index (Phi) is 18.0. The van der Waals surface area contributed by atoms with Crippen molar-refractivity contribution < 1.29 is 19.1 Å². The first kappa shape index (κ1) is 54.9. The van der Waals surface area contributed by atoms with Gasteiger partial charge < -0.3 is 56.7 Å². The molecule has 2 saturated heterocycles. The molecule has 0 aliphatic carbocycles. The Bertz CT molecular complexity index is 2550. The molecule has 0 saturated carbocycles. The number of carbonyl (C=O) groups is 3. The molecule has 2 aliphatic heterocycles. The van der Waals surface area contributed by atoms with Crippen LogP contribution in [0.1, 0.15) is 107 Å². The van der Waals surface area contributed by atoms with E-state index in [2.05, 4.69) is 104 Å². The Morgan fingerprint density at radius 3 is 1.80 bits per heavy atom. The number of benzene rings is 2. The Labute approximate surface area is 420 Å². The number of likely N-dealkylation sites (tertiary alicyclic amines) is 1. The zero-order chi connectivity index (χ0) is 52.4. The number of amides is 3. The van der Waals surface area contributed by atoms with Crippen LogP contribution >= 0.6 is 0 Å². The highest BCUT2D eigenvalue weighted by Gasteiger charge is 2.31. The van der Waals surface area contributed by atoms with E-state index in [0.29, 0.717) is 65.3 Å². The highest BCUT2D eigenvalue weighted by molar-refractivity contribution is 5.96. The van der Waals surface area contributed by atoms with Crippen molar-refractivity contribution in [1.29, 1.82) is 0 Å². The fourth-order valence-corrected chi connectivity index (χ4v) is 8.04. The molecule has 0 spiro atoms. The fourth-order valence-electron chi connectivity index (χ4n) is 8.04. The molecule has 20 nitrogen and oxygen atoms in total. The standard InChI is InChI=1S/C27H42N8O3.C24H34N8O/c1-17-10-11-18(21(36)28-8)14-20(17)30-23-31-22(32-24(33-23)34(9)16-26(2,3)4)29-19-12-13-35(15-19)25(37)38-27(5,6)7;1-15-8-9-16(22(33)26-6)12-18(15)29-23-30-20(28-17-10-11-27-13-17)19(25-5)21(31-23)32(7)14-24(2,3)4/h10-11,14,19H,12-13,15-16H2,1-9H3,(H,28,36)(H2,29,30,31,32,33);8-9,12,17,27H,10-11,13-14H2,1-4,6-7H3,(H,26,33)(H2,28,29,30,31)/t19-;17-/m11/s1. The molecule has 0 bridgehead atoms. The van der Waals surface area contributed by atoms with E-state index in [4.69, 9.17) is 16.3 Å². The molecule has 7 N–H and O–H groups in total. The third kappa shape index (κ3) is 16.3. The summed E-state index contributed by atoms with van der Waals surface area (Å²) in [6.45, 7) is 34.5. The first-order chi connectivity index (χ1) is 33.2. The van der Waals surface area contributed by atoms with Gasteiger partial charge >= 0.3 is 6.09 Å². The van der Waals surface area contributed by atoms with Gasteiger partial charge in [0.15, 0.2) is 0 Å². The van der Waals surface area contributed by atoms with Crippen molar-refractivity contribution in [3.05, 3.63) is 70.1 Å². The molecule has 4 heterocycles. The first-order valence-corrected chi connectivity index (χ1v) is 24.1. The van der Waals surface area contributed by atoms with Crippen molar-refractivity contribution in [3.8, 4) is 0 Å². The van der Waals surface area contributed by atoms with Crippen LogP contribution in [0.2, 0.25) is 0 Å². The van der Waals surface area contributed by atoms with Gasteiger partial charge in [-0.05, 0) is 100 Å². The summed E-state index contributed by atoms with van der Waals surface area (Å²) < 4.78 is 5.52. The zero-order valence-electron chi connectivity index (χ0n) is 44.4. The summed E-state index contributed by atoms with van der Waals surface area (Å²) in [5.41, 5.74) is 4.37. The van der Waals surface area contributed by atoms with Crippen LogP contribution in [0.15, 0.2) is 36.4 Å². The van der Waals surface area contributed by atoms with Crippen molar-refractivity contribution in [1.82, 2.24) is 45.8 Å². The predicted octanol–water partition coefficient (Wildman–Crippen LogP) is 7.88. The quantitative estimate of drug-likeness (QED) is 0.0597. The smallest absolute Gasteiger partial charge is 0.410 e. The number of rotatable bonds is 14. The second-order valence-electron chi connectivity index (χ2n) is 21.7. The molecule has 4 aromatic rings. The molecular weight excluding hydrogens is 901 g/mol. The molecule has 0 unspecified atom stereocenters. The highest BCUT2D eigenvalue weighted by atomic mass is 16.6. The van der Waals surface area contributed by atoms with Gasteiger partial charge in [-0.3, -0.25) is 9.59 Å². The molecule has 0 radical (unpaired) electrons. The van der Waals surface area contributed by atoms with E-state index in [0.717, 1.165) is 61.5 Å². The first-order valence-electron chi connectivity index (χ1n) is 24.1. The van der Waals surface area contributed by atoms with Crippen LogP contribution in [0, 0.1) is 31.2 Å². The maximum Gasteiger partial charge on any atom is 0.410 e. The van der Waals surface area contributed by atoms with Gasteiger partial charge in [0.1, 0.15) is 17.2 Å². The lowest BCUT2D eigenvalue weighted by Gasteiger charge is -2.29. The van der Waals surface area contributed by atoms with Crippen LogP contribution in [-0.4, -0.2) is 133 Å². The fraction of sp³-hybridized carbons (Fsp3) is 0.549. The Hall–Kier alpha value is -7.01. The molecule has 384 valence electrons. The van der Waals surface area contributed by atoms with Gasteiger partial charge in [0.25, 0.3) is 17.5 Å². The number of nitrogens with zero attached hydrogens (tertiary/aromatic N) is 9. The molecule has 2 atom stereocenters. The van der Waals surface area contributed by atoms with E-state index >= 15 is 0 Å². The predicted molar refractivity (Wildman–Crippen MR) is 284 cm³/mol. The van der Waals surface area contributed by atoms with Gasteiger partial charge in [-0.1, -0.05) is 53.7 Å². The van der Waals surface area contributed by atoms with Crippen molar-refractivity contribution in [2.24, 2.45) is 10.8 Å². The molecule has 6 rings (SSSR count). The van der Waals surface area contributed by atoms with Crippen molar-refractivity contribution in [2.45, 2.75) is 107 Å². The van der Waals surface area contributed by atoms with Crippen LogP contribution in [0.5, 0.6) is 0 Å². The van der Waals surface area contributed by atoms with Gasteiger partial charge in [0, 0.05) is 95.5 Å². The Morgan fingerprint density at radius 2 is 1.30 bits per heavy atom. The number of aromatic nitrogens is 5. The van der Waals surface area contributed by atoms with Crippen LogP contribution in [-0.2, 0) is 4.74 Å². The average Bonchev–Trinajstić information content (AvgIpc) is 3.98. The third-order valence-corrected chi connectivity index (χ3v) is 11.2. The largest absolute Gasteiger partial charge is 0.444 e. The topological polar surface area (TPSA) is 223 Å². The lowest BCUT2D eigenvalue weighted by molar-refractivity contribution is 0.0293. The van der Waals surface area contributed by atoms with Crippen molar-refractivity contribution in [2.75, 3.05) is 98.5 Å². The molecular formula is C51H76N16O4. The summed E-state index contributed by atoms with van der Waals surface area (Å²) in [6.07, 6.45) is 1.38. The second kappa shape index (κ2) is 23.3. The molecule has 2 fully saturated rings. The zero-order valence-corrected chi connectivity index (χ0v) is 44.4. The number of carbonyl (C=O) groups excluding carboxylic acids is 3. The van der Waals surface area contributed by atoms with Crippen molar-refractivity contribution in [3.63, 3.8) is 0 Å². The summed E-state index contributed by atoms with van der Waals surface area (Å²) in [5, 5.41) is 22.0. The van der Waals surface area contributed by atoms with E-state index in [-0.39, 0.29) is 40.8 Å². The summed E-state index contributed by atoms with van der Waals surface area (Å²) in [5.74, 6) is 2.42. The number of anilines is 8. The SMILES string of the molecule is CNC(=O)c1ccc(C)c(Nc2nc(N[C@@H]3CCN(C(=O)OC(C)(C)C)C3)nc(N(C)CC(C)(C)C)n2)c1.[C-]#[N+]c1c(N[C@@H]2CCNC2)nc(Nc2cc(C(=O)NC)ccc2C)nc1N(C)CC(C)(C)C. The number of hydrogen-bond donors (Lipinski definition) is 7. The molecule has 2 aromatic carbocycles. The summed E-state index contributed by atoms with van der Waals surface area (Å²) in [6, 6.07) is 11.1. The van der Waals surface area contributed by atoms with Crippen LogP contribution < -0.4 is 47.0 Å². The van der Waals surface area contributed by atoms with Crippen LogP contribution in [0.3, 0.4) is 0 Å². The van der Waals surface area contributed by atoms with E-state index in [9.17, 15) is 14.4 Å². The van der Waals surface area contributed by atoms with Gasteiger partial charge in [0.2, 0.25) is 23.8 Å². The molecule has 20 heteroatoms. The van der Waals surface area contributed by atoms with Gasteiger partial charge in [0.05, 0.1) is 6.57 Å². The summed E-state index contributed by atoms with van der Waals surface area (Å²) in [4.78, 5) is 69.7. The molecule has 3 amide bonds. The van der Waals surface area contributed by atoms with Gasteiger partial charge in [-0.25, -0.2) is 19.6 Å². The van der Waals surface area contributed by atoms with E-state index < -0.39 is 5.60 Å². The van der Waals surface area contributed by atoms with Crippen LogP contribution in [0.4, 0.5) is 57.3 Å². The minimum absolute atomic E-state index is 0.0218. The van der Waals surface area contributed by atoms with Crippen LogP contribution in [0.25, 0.3) is 4.85 Å². The Morgan fingerprint density at radius 1 is 0.746 bits per heavy atom. The summed E-state index contributed by atoms with van der Waals surface area (Å²) in [7, 11) is 7.11.